The lowest BCUT2D eigenvalue weighted by Gasteiger charge is -2.31. The van der Waals surface area contributed by atoms with Gasteiger partial charge in [0.25, 0.3) is 5.91 Å². The first-order chi connectivity index (χ1) is 10.7. The molecule has 0 unspecified atom stereocenters. The Morgan fingerprint density at radius 3 is 2.43 bits per heavy atom. The Balaban J connectivity index is 2.34. The predicted molar refractivity (Wildman–Crippen MR) is 90.5 cm³/mol. The normalized spacial score (nSPS) is 16.3. The van der Waals surface area contributed by atoms with Crippen molar-refractivity contribution in [2.75, 3.05) is 37.8 Å². The van der Waals surface area contributed by atoms with Gasteiger partial charge in [0.15, 0.2) is 0 Å². The van der Waals surface area contributed by atoms with E-state index >= 15 is 0 Å². The number of carbonyl (C=O) groups is 1. The fraction of sp³-hybridized carbons (Fsp3) is 0.562. The summed E-state index contributed by atoms with van der Waals surface area (Å²) >= 11 is 0. The van der Waals surface area contributed by atoms with Crippen molar-refractivity contribution in [1.29, 1.82) is 0 Å². The minimum atomic E-state index is -3.38. The van der Waals surface area contributed by atoms with Gasteiger partial charge < -0.3 is 9.64 Å². The molecular formula is C16H24N2O4S. The highest BCUT2D eigenvalue weighted by molar-refractivity contribution is 7.92. The van der Waals surface area contributed by atoms with Crippen molar-refractivity contribution in [2.24, 2.45) is 5.92 Å². The third-order valence-electron chi connectivity index (χ3n) is 4.35. The maximum atomic E-state index is 12.8. The molecule has 2 rings (SSSR count). The quantitative estimate of drug-likeness (QED) is 0.840. The highest BCUT2D eigenvalue weighted by atomic mass is 32.2. The summed E-state index contributed by atoms with van der Waals surface area (Å²) in [6.07, 6.45) is 3.10. The van der Waals surface area contributed by atoms with E-state index in [2.05, 4.69) is 6.92 Å². The van der Waals surface area contributed by atoms with Crippen molar-refractivity contribution in [3.63, 3.8) is 0 Å². The van der Waals surface area contributed by atoms with Gasteiger partial charge in [-0.25, -0.2) is 8.42 Å². The number of carbonyl (C=O) groups excluding carboxylic acids is 1. The van der Waals surface area contributed by atoms with Crippen LogP contribution < -0.4 is 9.04 Å². The summed E-state index contributed by atoms with van der Waals surface area (Å²) in [4.78, 5) is 14.6. The van der Waals surface area contributed by atoms with E-state index in [1.807, 2.05) is 4.90 Å². The molecule has 0 N–H and O–H groups in total. The molecule has 1 aromatic rings. The summed E-state index contributed by atoms with van der Waals surface area (Å²) in [6.45, 7) is 3.62. The van der Waals surface area contributed by atoms with Gasteiger partial charge in [-0.05, 0) is 37.0 Å². The number of rotatable bonds is 4. The molecule has 1 saturated heterocycles. The van der Waals surface area contributed by atoms with E-state index in [4.69, 9.17) is 4.74 Å². The van der Waals surface area contributed by atoms with Crippen molar-refractivity contribution in [3.8, 4) is 5.75 Å². The lowest BCUT2D eigenvalue weighted by molar-refractivity contribution is 0.0694. The average Bonchev–Trinajstić information content (AvgIpc) is 2.52. The van der Waals surface area contributed by atoms with E-state index in [0.29, 0.717) is 22.9 Å². The zero-order valence-electron chi connectivity index (χ0n) is 14.1. The van der Waals surface area contributed by atoms with Crippen LogP contribution in [0.25, 0.3) is 0 Å². The van der Waals surface area contributed by atoms with Crippen molar-refractivity contribution in [2.45, 2.75) is 19.8 Å². The van der Waals surface area contributed by atoms with E-state index < -0.39 is 10.0 Å². The molecule has 0 aliphatic carbocycles. The molecule has 1 heterocycles. The second-order valence-electron chi connectivity index (χ2n) is 6.09. The van der Waals surface area contributed by atoms with Gasteiger partial charge in [-0.2, -0.15) is 0 Å². The number of anilines is 1. The molecule has 0 bridgehead atoms. The summed E-state index contributed by atoms with van der Waals surface area (Å²) < 4.78 is 29.8. The van der Waals surface area contributed by atoms with E-state index in [1.54, 1.807) is 18.2 Å². The maximum absolute atomic E-state index is 12.8. The van der Waals surface area contributed by atoms with E-state index in [-0.39, 0.29) is 5.91 Å². The molecule has 1 aromatic carbocycles. The maximum Gasteiger partial charge on any atom is 0.257 e. The molecule has 0 saturated carbocycles. The minimum Gasteiger partial charge on any atom is -0.496 e. The predicted octanol–water partition coefficient (Wildman–Crippen LogP) is 1.96. The van der Waals surface area contributed by atoms with Gasteiger partial charge in [0, 0.05) is 20.1 Å². The van der Waals surface area contributed by atoms with Crippen LogP contribution in [0.1, 0.15) is 30.1 Å². The number of likely N-dealkylation sites (tertiary alicyclic amines) is 1. The van der Waals surface area contributed by atoms with Gasteiger partial charge in [0.1, 0.15) is 5.75 Å². The number of piperidine rings is 1. The number of nitrogens with zero attached hydrogens (tertiary/aromatic N) is 2. The van der Waals surface area contributed by atoms with Crippen molar-refractivity contribution >= 4 is 21.6 Å². The molecule has 7 heteroatoms. The van der Waals surface area contributed by atoms with Crippen LogP contribution in [0.2, 0.25) is 0 Å². The molecule has 6 nitrogen and oxygen atoms in total. The molecular weight excluding hydrogens is 316 g/mol. The van der Waals surface area contributed by atoms with Crippen LogP contribution in [0.15, 0.2) is 18.2 Å². The van der Waals surface area contributed by atoms with Crippen LogP contribution in [0, 0.1) is 5.92 Å². The third-order valence-corrected chi connectivity index (χ3v) is 5.55. The van der Waals surface area contributed by atoms with Crippen LogP contribution in [0.4, 0.5) is 5.69 Å². The second kappa shape index (κ2) is 6.78. The zero-order chi connectivity index (χ0) is 17.2. The smallest absolute Gasteiger partial charge is 0.257 e. The second-order valence-corrected chi connectivity index (χ2v) is 8.10. The van der Waals surface area contributed by atoms with Gasteiger partial charge in [0.05, 0.1) is 24.6 Å². The Morgan fingerprint density at radius 2 is 1.91 bits per heavy atom. The van der Waals surface area contributed by atoms with Crippen LogP contribution >= 0.6 is 0 Å². The van der Waals surface area contributed by atoms with Crippen molar-refractivity contribution < 1.29 is 17.9 Å². The van der Waals surface area contributed by atoms with Crippen molar-refractivity contribution in [1.82, 2.24) is 4.90 Å². The Kier molecular flexibility index (Phi) is 5.19. The molecule has 0 atom stereocenters. The van der Waals surface area contributed by atoms with Crippen LogP contribution in [-0.2, 0) is 10.0 Å². The number of sulfonamides is 1. The standard InChI is InChI=1S/C16H24N2O4S/c1-12-7-9-18(10-8-12)16(19)14-11-13(5-6-15(14)22-3)17(2)23(4,20)21/h5-6,11-12H,7-10H2,1-4H3. The number of amides is 1. The van der Waals surface area contributed by atoms with Gasteiger partial charge in [-0.15, -0.1) is 0 Å². The largest absolute Gasteiger partial charge is 0.496 e. The number of hydrogen-bond donors (Lipinski definition) is 0. The van der Waals surface area contributed by atoms with E-state index in [1.165, 1.54) is 14.2 Å². The lowest BCUT2D eigenvalue weighted by atomic mass is 9.98. The molecule has 128 valence electrons. The molecule has 0 aromatic heterocycles. The number of hydrogen-bond acceptors (Lipinski definition) is 4. The fourth-order valence-corrected chi connectivity index (χ4v) is 3.13. The average molecular weight is 340 g/mol. The van der Waals surface area contributed by atoms with Gasteiger partial charge >= 0.3 is 0 Å². The highest BCUT2D eigenvalue weighted by Crippen LogP contribution is 2.28. The monoisotopic (exact) mass is 340 g/mol. The zero-order valence-corrected chi connectivity index (χ0v) is 14.9. The first-order valence-corrected chi connectivity index (χ1v) is 9.50. The molecule has 1 aliphatic heterocycles. The van der Waals surface area contributed by atoms with Crippen molar-refractivity contribution in [3.05, 3.63) is 23.8 Å². The van der Waals surface area contributed by atoms with Crippen LogP contribution in [-0.4, -0.2) is 52.7 Å². The Morgan fingerprint density at radius 1 is 1.30 bits per heavy atom. The Labute approximate surface area is 138 Å². The number of ether oxygens (including phenoxy) is 1. The molecule has 1 amide bonds. The highest BCUT2D eigenvalue weighted by Gasteiger charge is 2.25. The van der Waals surface area contributed by atoms with Crippen LogP contribution in [0.5, 0.6) is 5.75 Å². The molecule has 0 spiro atoms. The summed E-state index contributed by atoms with van der Waals surface area (Å²) in [5.41, 5.74) is 0.845. The fourth-order valence-electron chi connectivity index (χ4n) is 2.63. The summed E-state index contributed by atoms with van der Waals surface area (Å²) in [6, 6.07) is 4.85. The molecule has 1 aliphatic rings. The summed E-state index contributed by atoms with van der Waals surface area (Å²) in [5.74, 6) is 0.973. The molecule has 23 heavy (non-hydrogen) atoms. The summed E-state index contributed by atoms with van der Waals surface area (Å²) in [7, 11) is -0.412. The first-order valence-electron chi connectivity index (χ1n) is 7.65. The van der Waals surface area contributed by atoms with E-state index in [0.717, 1.165) is 36.5 Å². The SMILES string of the molecule is COc1ccc(N(C)S(C)(=O)=O)cc1C(=O)N1CCC(C)CC1. The van der Waals surface area contributed by atoms with Gasteiger partial charge in [0.2, 0.25) is 10.0 Å². The van der Waals surface area contributed by atoms with Crippen LogP contribution in [0.3, 0.4) is 0 Å². The van der Waals surface area contributed by atoms with Gasteiger partial charge in [-0.1, -0.05) is 6.92 Å². The molecule has 0 radical (unpaired) electrons. The molecule has 1 fully saturated rings. The first kappa shape index (κ1) is 17.6. The lowest BCUT2D eigenvalue weighted by Crippen LogP contribution is -2.38. The topological polar surface area (TPSA) is 66.9 Å². The Bertz CT molecular complexity index is 679. The minimum absolute atomic E-state index is 0.113. The van der Waals surface area contributed by atoms with Gasteiger partial charge in [-0.3, -0.25) is 9.10 Å². The third kappa shape index (κ3) is 3.96. The number of methoxy groups -OCH3 is 1. The Hall–Kier alpha value is -1.76. The summed E-state index contributed by atoms with van der Waals surface area (Å²) in [5, 5.41) is 0. The number of benzene rings is 1. The van der Waals surface area contributed by atoms with E-state index in [9.17, 15) is 13.2 Å².